The van der Waals surface area contributed by atoms with Gasteiger partial charge in [0.25, 0.3) is 5.91 Å². The predicted octanol–water partition coefficient (Wildman–Crippen LogP) is 3.77. The number of rotatable bonds is 6. The Kier molecular flexibility index (Phi) is 5.94. The van der Waals surface area contributed by atoms with Crippen LogP contribution in [0.4, 0.5) is 4.39 Å². The van der Waals surface area contributed by atoms with Crippen molar-refractivity contribution in [2.75, 3.05) is 19.7 Å². The van der Waals surface area contributed by atoms with Crippen molar-refractivity contribution in [3.63, 3.8) is 0 Å². The molecule has 1 saturated heterocycles. The molecule has 1 aliphatic carbocycles. The Morgan fingerprint density at radius 2 is 2.00 bits per heavy atom. The smallest absolute Gasteiger partial charge is 0.255 e. The van der Waals surface area contributed by atoms with Gasteiger partial charge in [-0.2, -0.15) is 0 Å². The number of aromatic amines is 1. The molecule has 2 fully saturated rings. The molecule has 2 aromatic heterocycles. The Balaban J connectivity index is 1.51. The normalized spacial score (nSPS) is 19.9. The number of benzene rings is 1. The first-order chi connectivity index (χ1) is 16.7. The van der Waals surface area contributed by atoms with Crippen molar-refractivity contribution >= 4 is 22.8 Å². The highest BCUT2D eigenvalue weighted by Crippen LogP contribution is 2.39. The first-order valence-corrected chi connectivity index (χ1v) is 12.1. The number of aromatic nitrogens is 3. The first kappa shape index (κ1) is 23.3. The van der Waals surface area contributed by atoms with Gasteiger partial charge in [0.05, 0.1) is 29.3 Å². The van der Waals surface area contributed by atoms with E-state index < -0.39 is 5.82 Å². The number of hydrogen-bond acceptors (Lipinski definition) is 5. The summed E-state index contributed by atoms with van der Waals surface area (Å²) in [6, 6.07) is 3.31. The van der Waals surface area contributed by atoms with Gasteiger partial charge in [-0.1, -0.05) is 13.0 Å². The van der Waals surface area contributed by atoms with Gasteiger partial charge in [-0.05, 0) is 50.2 Å². The minimum Gasteiger partial charge on any atom is -0.492 e. The van der Waals surface area contributed by atoms with E-state index in [-0.39, 0.29) is 29.3 Å². The second kappa shape index (κ2) is 8.94. The lowest BCUT2D eigenvalue weighted by molar-refractivity contribution is -0.127. The predicted molar refractivity (Wildman–Crippen MR) is 130 cm³/mol. The summed E-state index contributed by atoms with van der Waals surface area (Å²) >= 11 is 0. The summed E-state index contributed by atoms with van der Waals surface area (Å²) in [4.78, 5) is 38.9. The average molecular weight is 480 g/mol. The molecular formula is C26H30FN5O3. The average Bonchev–Trinajstić information content (AvgIpc) is 3.48. The number of halogens is 1. The number of nitrogens with one attached hydrogen (secondary N) is 2. The van der Waals surface area contributed by atoms with Crippen LogP contribution in [0.15, 0.2) is 18.5 Å². The summed E-state index contributed by atoms with van der Waals surface area (Å²) in [5, 5.41) is 3.07. The van der Waals surface area contributed by atoms with Crippen molar-refractivity contribution in [1.82, 2.24) is 25.2 Å². The SMILES string of the molecule is CC(=O)N1CC(C)C(NC(=O)c2c(C)[nH]c3c(-c4c(OCC5CC5)ccc(C)c4F)ncnc23)C1. The quantitative estimate of drug-likeness (QED) is 0.561. The summed E-state index contributed by atoms with van der Waals surface area (Å²) in [5.74, 6) is 0.386. The van der Waals surface area contributed by atoms with Gasteiger partial charge < -0.3 is 19.9 Å². The minimum absolute atomic E-state index is 0.00542. The summed E-state index contributed by atoms with van der Waals surface area (Å²) in [7, 11) is 0. The van der Waals surface area contributed by atoms with Crippen LogP contribution in [0.1, 0.15) is 48.3 Å². The Morgan fingerprint density at radius 1 is 1.23 bits per heavy atom. The number of ether oxygens (including phenoxy) is 1. The van der Waals surface area contributed by atoms with Gasteiger partial charge in [0.15, 0.2) is 0 Å². The molecule has 1 aliphatic heterocycles. The molecule has 3 aromatic rings. The maximum absolute atomic E-state index is 15.4. The zero-order valence-electron chi connectivity index (χ0n) is 20.4. The van der Waals surface area contributed by atoms with Crippen LogP contribution in [-0.2, 0) is 4.79 Å². The number of hydrogen-bond donors (Lipinski definition) is 2. The third-order valence-electron chi connectivity index (χ3n) is 7.08. The fourth-order valence-corrected chi connectivity index (χ4v) is 4.74. The van der Waals surface area contributed by atoms with Crippen LogP contribution in [-0.4, -0.2) is 57.4 Å². The van der Waals surface area contributed by atoms with Crippen molar-refractivity contribution in [3.05, 3.63) is 41.1 Å². The summed E-state index contributed by atoms with van der Waals surface area (Å²) in [6.07, 6.45) is 3.60. The molecule has 5 rings (SSSR count). The fraction of sp³-hybridized carbons (Fsp3) is 0.462. The number of carbonyl (C=O) groups excluding carboxylic acids is 2. The lowest BCUT2D eigenvalue weighted by atomic mass is 10.0. The first-order valence-electron chi connectivity index (χ1n) is 12.1. The molecule has 3 heterocycles. The Hall–Kier alpha value is -3.49. The van der Waals surface area contributed by atoms with E-state index in [0.29, 0.717) is 64.9 Å². The van der Waals surface area contributed by atoms with Crippen molar-refractivity contribution in [3.8, 4) is 17.0 Å². The maximum atomic E-state index is 15.4. The standard InChI is InChI=1S/C26H30FN5O3/c1-13-5-8-19(35-11-17-6-7-17)21(22(13)27)24-25-23(28-12-29-24)20(15(3)30-25)26(34)31-18-10-32(16(4)33)9-14(18)2/h5,8,12,14,17-18,30H,6-7,9-11H2,1-4H3,(H,31,34). The van der Waals surface area contributed by atoms with E-state index in [1.165, 1.54) is 13.3 Å². The van der Waals surface area contributed by atoms with Crippen LogP contribution in [0.3, 0.4) is 0 Å². The molecule has 2 amide bonds. The van der Waals surface area contributed by atoms with E-state index >= 15 is 4.39 Å². The van der Waals surface area contributed by atoms with E-state index in [2.05, 4.69) is 20.3 Å². The molecule has 2 aliphatic rings. The number of carbonyl (C=O) groups is 2. The highest BCUT2D eigenvalue weighted by molar-refractivity contribution is 6.09. The molecule has 0 radical (unpaired) electrons. The number of aryl methyl sites for hydroxylation is 2. The molecule has 0 spiro atoms. The number of H-pyrrole nitrogens is 1. The van der Waals surface area contributed by atoms with Crippen molar-refractivity contribution in [2.45, 2.75) is 46.6 Å². The Bertz CT molecular complexity index is 1320. The number of likely N-dealkylation sites (tertiary alicyclic amines) is 1. The molecule has 184 valence electrons. The lowest BCUT2D eigenvalue weighted by Gasteiger charge is -2.16. The van der Waals surface area contributed by atoms with Crippen LogP contribution >= 0.6 is 0 Å². The topological polar surface area (TPSA) is 100 Å². The number of nitrogens with zero attached hydrogens (tertiary/aromatic N) is 3. The molecule has 0 bridgehead atoms. The molecule has 2 unspecified atom stereocenters. The zero-order valence-corrected chi connectivity index (χ0v) is 20.4. The maximum Gasteiger partial charge on any atom is 0.255 e. The molecule has 2 atom stereocenters. The number of amides is 2. The second-order valence-corrected chi connectivity index (χ2v) is 9.88. The van der Waals surface area contributed by atoms with Crippen LogP contribution in [0.2, 0.25) is 0 Å². The van der Waals surface area contributed by atoms with Gasteiger partial charge in [0.2, 0.25) is 5.91 Å². The van der Waals surface area contributed by atoms with E-state index in [0.717, 1.165) is 12.8 Å². The van der Waals surface area contributed by atoms with E-state index in [1.807, 2.05) is 6.92 Å². The van der Waals surface area contributed by atoms with Crippen LogP contribution in [0.25, 0.3) is 22.3 Å². The molecule has 8 nitrogen and oxygen atoms in total. The summed E-state index contributed by atoms with van der Waals surface area (Å²) in [6.45, 7) is 8.66. The molecule has 1 saturated carbocycles. The van der Waals surface area contributed by atoms with E-state index in [1.54, 1.807) is 30.9 Å². The molecule has 35 heavy (non-hydrogen) atoms. The molecule has 1 aromatic carbocycles. The van der Waals surface area contributed by atoms with Gasteiger partial charge in [-0.25, -0.2) is 14.4 Å². The summed E-state index contributed by atoms with van der Waals surface area (Å²) < 4.78 is 21.4. The number of fused-ring (bicyclic) bond motifs is 1. The van der Waals surface area contributed by atoms with Crippen molar-refractivity contribution in [2.24, 2.45) is 11.8 Å². The van der Waals surface area contributed by atoms with E-state index in [4.69, 9.17) is 4.74 Å². The van der Waals surface area contributed by atoms with Crippen LogP contribution in [0, 0.1) is 31.5 Å². The highest BCUT2D eigenvalue weighted by atomic mass is 19.1. The van der Waals surface area contributed by atoms with Gasteiger partial charge in [0.1, 0.15) is 29.1 Å². The van der Waals surface area contributed by atoms with Gasteiger partial charge in [-0.3, -0.25) is 9.59 Å². The monoisotopic (exact) mass is 479 g/mol. The Labute approximate surface area is 203 Å². The van der Waals surface area contributed by atoms with E-state index in [9.17, 15) is 9.59 Å². The minimum atomic E-state index is -0.402. The van der Waals surface area contributed by atoms with Crippen molar-refractivity contribution < 1.29 is 18.7 Å². The van der Waals surface area contributed by atoms with Crippen molar-refractivity contribution in [1.29, 1.82) is 0 Å². The molecule has 9 heteroatoms. The third kappa shape index (κ3) is 4.35. The lowest BCUT2D eigenvalue weighted by Crippen LogP contribution is -2.40. The zero-order chi connectivity index (χ0) is 24.9. The second-order valence-electron chi connectivity index (χ2n) is 9.88. The fourth-order valence-electron chi connectivity index (χ4n) is 4.74. The molecular weight excluding hydrogens is 449 g/mol. The van der Waals surface area contributed by atoms with Gasteiger partial charge in [-0.15, -0.1) is 0 Å². The highest BCUT2D eigenvalue weighted by Gasteiger charge is 2.33. The van der Waals surface area contributed by atoms with Crippen LogP contribution < -0.4 is 10.1 Å². The van der Waals surface area contributed by atoms with Crippen LogP contribution in [0.5, 0.6) is 5.75 Å². The third-order valence-corrected chi connectivity index (χ3v) is 7.08. The van der Waals surface area contributed by atoms with Gasteiger partial charge in [0, 0.05) is 25.7 Å². The summed E-state index contributed by atoms with van der Waals surface area (Å²) in [5.41, 5.74) is 3.03. The Morgan fingerprint density at radius 3 is 2.69 bits per heavy atom. The largest absolute Gasteiger partial charge is 0.492 e. The van der Waals surface area contributed by atoms with Gasteiger partial charge >= 0.3 is 0 Å². The molecule has 2 N–H and O–H groups in total.